The molecule has 0 bridgehead atoms. The van der Waals surface area contributed by atoms with Gasteiger partial charge in [0.25, 0.3) is 5.69 Å². The molecule has 1 aromatic heterocycles. The molecular weight excluding hydrogens is 298 g/mol. The molecule has 0 aliphatic carbocycles. The maximum atomic E-state index is 11.6. The van der Waals surface area contributed by atoms with Crippen molar-refractivity contribution in [2.75, 3.05) is 0 Å². The number of carbonyl (C=O) groups excluding carboxylic acids is 1. The summed E-state index contributed by atoms with van der Waals surface area (Å²) < 4.78 is 5.12. The minimum Gasteiger partial charge on any atom is -0.456 e. The highest BCUT2D eigenvalue weighted by Crippen LogP contribution is 2.24. The zero-order valence-electron chi connectivity index (χ0n) is 10.9. The smallest absolute Gasteiger partial charge is 0.307 e. The molecule has 8 heteroatoms. The first-order chi connectivity index (χ1) is 9.97. The number of hydrazone groups is 1. The van der Waals surface area contributed by atoms with E-state index in [4.69, 9.17) is 16.0 Å². The van der Waals surface area contributed by atoms with Crippen LogP contribution in [-0.4, -0.2) is 17.0 Å². The maximum Gasteiger partial charge on any atom is 0.307 e. The van der Waals surface area contributed by atoms with Crippen LogP contribution < -0.4 is 5.43 Å². The topological polar surface area (TPSA) is 97.7 Å². The van der Waals surface area contributed by atoms with E-state index in [0.717, 1.165) is 0 Å². The molecule has 108 valence electrons. The molecule has 0 saturated heterocycles. The van der Waals surface area contributed by atoms with Gasteiger partial charge in [0.1, 0.15) is 10.8 Å². The zero-order chi connectivity index (χ0) is 15.4. The Kier molecular flexibility index (Phi) is 4.34. The van der Waals surface area contributed by atoms with Gasteiger partial charge in [-0.05, 0) is 25.1 Å². The summed E-state index contributed by atoms with van der Waals surface area (Å²) in [6, 6.07) is 7.37. The van der Waals surface area contributed by atoms with Crippen molar-refractivity contribution >= 4 is 29.4 Å². The molecule has 21 heavy (non-hydrogen) atoms. The lowest BCUT2D eigenvalue weighted by Gasteiger charge is -1.98. The highest BCUT2D eigenvalue weighted by atomic mass is 35.5. The van der Waals surface area contributed by atoms with Crippen molar-refractivity contribution in [3.8, 4) is 0 Å². The number of amides is 1. The number of furan rings is 1. The van der Waals surface area contributed by atoms with Crippen molar-refractivity contribution in [2.45, 2.75) is 6.92 Å². The van der Waals surface area contributed by atoms with E-state index in [1.54, 1.807) is 19.1 Å². The molecule has 0 radical (unpaired) electrons. The quantitative estimate of drug-likeness (QED) is 0.533. The Bertz CT molecular complexity index is 724. The lowest BCUT2D eigenvalue weighted by atomic mass is 10.2. The van der Waals surface area contributed by atoms with Crippen LogP contribution in [0.25, 0.3) is 0 Å². The van der Waals surface area contributed by atoms with Crippen molar-refractivity contribution < 1.29 is 14.1 Å². The van der Waals surface area contributed by atoms with Gasteiger partial charge in [0.05, 0.1) is 11.1 Å². The summed E-state index contributed by atoms with van der Waals surface area (Å²) in [6.07, 6.45) is 1.27. The normalized spacial score (nSPS) is 10.8. The Labute approximate surface area is 124 Å². The van der Waals surface area contributed by atoms with Gasteiger partial charge in [0.15, 0.2) is 5.76 Å². The van der Waals surface area contributed by atoms with E-state index in [9.17, 15) is 14.9 Å². The second kappa shape index (κ2) is 6.19. The number of rotatable bonds is 4. The summed E-state index contributed by atoms with van der Waals surface area (Å²) in [7, 11) is 0. The minimum atomic E-state index is -0.593. The van der Waals surface area contributed by atoms with E-state index in [0.29, 0.717) is 11.3 Å². The fourth-order valence-corrected chi connectivity index (χ4v) is 1.71. The third-order valence-electron chi connectivity index (χ3n) is 2.51. The molecule has 7 nitrogen and oxygen atoms in total. The van der Waals surface area contributed by atoms with E-state index in [-0.39, 0.29) is 16.5 Å². The van der Waals surface area contributed by atoms with Crippen LogP contribution in [0.5, 0.6) is 0 Å². The van der Waals surface area contributed by atoms with Crippen molar-refractivity contribution in [3.05, 3.63) is 62.6 Å². The van der Waals surface area contributed by atoms with Gasteiger partial charge in [-0.25, -0.2) is 5.43 Å². The number of nitrogens with one attached hydrogen (secondary N) is 1. The largest absolute Gasteiger partial charge is 0.456 e. The number of carbonyl (C=O) groups is 1. The maximum absolute atomic E-state index is 11.6. The fourth-order valence-electron chi connectivity index (χ4n) is 1.53. The van der Waals surface area contributed by atoms with Crippen molar-refractivity contribution in [2.24, 2.45) is 5.10 Å². The molecule has 0 fully saturated rings. The third kappa shape index (κ3) is 3.67. The van der Waals surface area contributed by atoms with Crippen LogP contribution in [0.2, 0.25) is 5.02 Å². The number of hydrogen-bond acceptors (Lipinski definition) is 5. The molecule has 0 aliphatic rings. The molecular formula is C13H10ClN3O4. The second-order valence-corrected chi connectivity index (χ2v) is 4.48. The van der Waals surface area contributed by atoms with Gasteiger partial charge in [-0.3, -0.25) is 14.9 Å². The van der Waals surface area contributed by atoms with Gasteiger partial charge in [-0.15, -0.1) is 0 Å². The van der Waals surface area contributed by atoms with Crippen LogP contribution in [0.4, 0.5) is 5.69 Å². The fraction of sp³-hybridized carbons (Fsp3) is 0.0769. The molecule has 2 aromatic rings. The van der Waals surface area contributed by atoms with Gasteiger partial charge in [0, 0.05) is 11.6 Å². The number of nitro groups is 1. The molecule has 0 unspecified atom stereocenters. The molecule has 0 saturated carbocycles. The number of halogens is 1. The van der Waals surface area contributed by atoms with Crippen molar-refractivity contribution in [1.29, 1.82) is 0 Å². The molecule has 1 aromatic carbocycles. The lowest BCUT2D eigenvalue weighted by molar-refractivity contribution is -0.384. The van der Waals surface area contributed by atoms with Crippen LogP contribution in [0.15, 0.2) is 39.9 Å². The predicted octanol–water partition coefficient (Wildman–Crippen LogP) is 2.91. The van der Waals surface area contributed by atoms with Gasteiger partial charge in [-0.1, -0.05) is 17.7 Å². The summed E-state index contributed by atoms with van der Waals surface area (Å²) in [4.78, 5) is 21.8. The van der Waals surface area contributed by atoms with Crippen LogP contribution >= 0.6 is 11.6 Å². The van der Waals surface area contributed by atoms with Gasteiger partial charge in [-0.2, -0.15) is 5.10 Å². The Balaban J connectivity index is 2.06. The van der Waals surface area contributed by atoms with Crippen molar-refractivity contribution in [3.63, 3.8) is 0 Å². The number of benzene rings is 1. The van der Waals surface area contributed by atoms with Gasteiger partial charge < -0.3 is 4.42 Å². The number of nitrogens with zero attached hydrogens (tertiary/aromatic N) is 2. The van der Waals surface area contributed by atoms with Crippen LogP contribution in [0.3, 0.4) is 0 Å². The summed E-state index contributed by atoms with van der Waals surface area (Å²) in [6.45, 7) is 1.72. The number of nitro benzene ring substituents is 1. The summed E-state index contributed by atoms with van der Waals surface area (Å²) in [5, 5.41) is 14.5. The Morgan fingerprint density at radius 3 is 2.81 bits per heavy atom. The standard InChI is InChI=1S/C13H10ClN3O4/c1-8-2-5-12(21-8)13(18)16-15-7-9-3-4-10(14)11(6-9)17(19)20/h2-7H,1H3,(H,16,18)/b15-7-. The van der Waals surface area contributed by atoms with E-state index >= 15 is 0 Å². The summed E-state index contributed by atoms with van der Waals surface area (Å²) in [5.74, 6) is 0.229. The summed E-state index contributed by atoms with van der Waals surface area (Å²) >= 11 is 5.69. The SMILES string of the molecule is Cc1ccc(C(=O)N/N=C\c2ccc(Cl)c([N+](=O)[O-])c2)o1. The Hall–Kier alpha value is -2.67. The molecule has 1 heterocycles. The van der Waals surface area contributed by atoms with E-state index in [1.165, 1.54) is 24.4 Å². The van der Waals surface area contributed by atoms with Gasteiger partial charge in [0.2, 0.25) is 0 Å². The minimum absolute atomic E-state index is 0.0345. The molecule has 2 rings (SSSR count). The first-order valence-electron chi connectivity index (χ1n) is 5.81. The zero-order valence-corrected chi connectivity index (χ0v) is 11.6. The molecule has 0 atom stereocenters. The first-order valence-corrected chi connectivity index (χ1v) is 6.19. The van der Waals surface area contributed by atoms with Crippen LogP contribution in [0.1, 0.15) is 21.9 Å². The number of hydrogen-bond donors (Lipinski definition) is 1. The second-order valence-electron chi connectivity index (χ2n) is 4.08. The average molecular weight is 308 g/mol. The molecule has 1 amide bonds. The Morgan fingerprint density at radius 2 is 2.19 bits per heavy atom. The van der Waals surface area contributed by atoms with E-state index in [2.05, 4.69) is 10.5 Å². The van der Waals surface area contributed by atoms with E-state index in [1.807, 2.05) is 0 Å². The third-order valence-corrected chi connectivity index (χ3v) is 2.83. The predicted molar refractivity (Wildman–Crippen MR) is 76.6 cm³/mol. The van der Waals surface area contributed by atoms with Crippen molar-refractivity contribution in [1.82, 2.24) is 5.43 Å². The average Bonchev–Trinajstić information content (AvgIpc) is 2.87. The molecule has 1 N–H and O–H groups in total. The van der Waals surface area contributed by atoms with Crippen LogP contribution in [-0.2, 0) is 0 Å². The summed E-state index contributed by atoms with van der Waals surface area (Å²) in [5.41, 5.74) is 2.46. The molecule has 0 spiro atoms. The number of aryl methyl sites for hydroxylation is 1. The molecule has 0 aliphatic heterocycles. The van der Waals surface area contributed by atoms with Crippen LogP contribution in [0, 0.1) is 17.0 Å². The lowest BCUT2D eigenvalue weighted by Crippen LogP contribution is -2.16. The van der Waals surface area contributed by atoms with Gasteiger partial charge >= 0.3 is 5.91 Å². The Morgan fingerprint density at radius 1 is 1.43 bits per heavy atom. The highest BCUT2D eigenvalue weighted by Gasteiger charge is 2.12. The highest BCUT2D eigenvalue weighted by molar-refractivity contribution is 6.32. The first kappa shape index (κ1) is 14.7. The van der Waals surface area contributed by atoms with E-state index < -0.39 is 10.8 Å². The monoisotopic (exact) mass is 307 g/mol.